The van der Waals surface area contributed by atoms with E-state index in [0.717, 1.165) is 23.5 Å². The Morgan fingerprint density at radius 2 is 1.71 bits per heavy atom. The summed E-state index contributed by atoms with van der Waals surface area (Å²) in [7, 11) is 0. The van der Waals surface area contributed by atoms with Crippen molar-refractivity contribution in [3.05, 3.63) is 99.6 Å². The second-order valence-electron chi connectivity index (χ2n) is 9.43. The van der Waals surface area contributed by atoms with Gasteiger partial charge in [0.25, 0.3) is 5.69 Å². The number of thioether (sulfide) groups is 1. The Hall–Kier alpha value is -4.09. The van der Waals surface area contributed by atoms with Crippen molar-refractivity contribution >= 4 is 29.5 Å². The highest BCUT2D eigenvalue weighted by atomic mass is 32.2. The van der Waals surface area contributed by atoms with Gasteiger partial charge in [0.05, 0.1) is 17.5 Å². The predicted octanol–water partition coefficient (Wildman–Crippen LogP) is 6.14. The van der Waals surface area contributed by atoms with Crippen LogP contribution in [-0.4, -0.2) is 65.2 Å². The lowest BCUT2D eigenvalue weighted by molar-refractivity contribution is -0.385. The summed E-state index contributed by atoms with van der Waals surface area (Å²) in [6.45, 7) is 4.53. The fraction of sp³-hybridized carbons (Fsp3) is 0.355. The van der Waals surface area contributed by atoms with Gasteiger partial charge in [-0.1, -0.05) is 42.5 Å². The number of carbonyl (C=O) groups excluding carboxylic acids is 1. The molecule has 0 spiro atoms. The predicted molar refractivity (Wildman–Crippen MR) is 161 cm³/mol. The molecule has 1 atom stereocenters. The summed E-state index contributed by atoms with van der Waals surface area (Å²) >= 11 is 1.77. The minimum Gasteiger partial charge on any atom is -0.492 e. The van der Waals surface area contributed by atoms with Gasteiger partial charge >= 0.3 is 12.1 Å². The van der Waals surface area contributed by atoms with Gasteiger partial charge in [-0.15, -0.1) is 0 Å². The molecular formula is C31H36N2O8S. The number of benzene rings is 3. The fourth-order valence-corrected chi connectivity index (χ4v) is 4.96. The van der Waals surface area contributed by atoms with E-state index in [-0.39, 0.29) is 31.0 Å². The van der Waals surface area contributed by atoms with Crippen LogP contribution in [0.4, 0.5) is 10.5 Å². The van der Waals surface area contributed by atoms with Crippen LogP contribution in [0.1, 0.15) is 30.0 Å². The molecule has 3 rings (SSSR count). The zero-order chi connectivity index (χ0) is 30.3. The summed E-state index contributed by atoms with van der Waals surface area (Å²) in [4.78, 5) is 36.8. The van der Waals surface area contributed by atoms with Gasteiger partial charge < -0.3 is 24.2 Å². The minimum atomic E-state index is -1.01. The number of carboxylic acid groups (broad SMARTS) is 1. The zero-order valence-electron chi connectivity index (χ0n) is 23.8. The molecule has 1 amide bonds. The number of carboxylic acids is 1. The first-order chi connectivity index (χ1) is 20.3. The highest BCUT2D eigenvalue weighted by molar-refractivity contribution is 7.98. The van der Waals surface area contributed by atoms with Crippen molar-refractivity contribution in [3.8, 4) is 11.5 Å². The van der Waals surface area contributed by atoms with Crippen molar-refractivity contribution in [1.29, 1.82) is 0 Å². The number of rotatable bonds is 17. The summed E-state index contributed by atoms with van der Waals surface area (Å²) in [5.41, 5.74) is 2.39. The topological polar surface area (TPSA) is 128 Å². The average molecular weight is 597 g/mol. The van der Waals surface area contributed by atoms with Gasteiger partial charge in [0.2, 0.25) is 0 Å². The molecule has 0 aliphatic rings. The quantitative estimate of drug-likeness (QED) is 0.111. The van der Waals surface area contributed by atoms with E-state index in [1.165, 1.54) is 22.6 Å². The van der Waals surface area contributed by atoms with E-state index in [1.54, 1.807) is 55.9 Å². The molecular weight excluding hydrogens is 560 g/mol. The van der Waals surface area contributed by atoms with Crippen LogP contribution in [0, 0.1) is 17.0 Å². The monoisotopic (exact) mass is 596 g/mol. The Labute approximate surface area is 249 Å². The molecule has 1 unspecified atom stereocenters. The zero-order valence-corrected chi connectivity index (χ0v) is 24.6. The first-order valence-electron chi connectivity index (χ1n) is 13.7. The van der Waals surface area contributed by atoms with E-state index < -0.39 is 23.1 Å². The van der Waals surface area contributed by atoms with Gasteiger partial charge in [-0.05, 0) is 61.4 Å². The van der Waals surface area contributed by atoms with Gasteiger partial charge in [-0.25, -0.2) is 9.59 Å². The number of hydrogen-bond acceptors (Lipinski definition) is 8. The molecule has 0 fully saturated rings. The molecule has 0 bridgehead atoms. The van der Waals surface area contributed by atoms with Crippen molar-refractivity contribution in [2.45, 2.75) is 38.5 Å². The molecule has 3 aromatic carbocycles. The summed E-state index contributed by atoms with van der Waals surface area (Å²) in [6, 6.07) is 21.5. The third-order valence-corrected chi connectivity index (χ3v) is 7.40. The smallest absolute Gasteiger partial charge is 0.415 e. The van der Waals surface area contributed by atoms with E-state index >= 15 is 0 Å². The highest BCUT2D eigenvalue weighted by Crippen LogP contribution is 2.24. The lowest BCUT2D eigenvalue weighted by Gasteiger charge is -2.22. The van der Waals surface area contributed by atoms with E-state index in [2.05, 4.69) is 12.1 Å². The number of aryl methyl sites for hydroxylation is 1. The molecule has 0 heterocycles. The molecule has 0 saturated heterocycles. The van der Waals surface area contributed by atoms with Crippen molar-refractivity contribution in [2.75, 3.05) is 32.1 Å². The van der Waals surface area contributed by atoms with Crippen molar-refractivity contribution in [2.24, 2.45) is 0 Å². The highest BCUT2D eigenvalue weighted by Gasteiger charge is 2.20. The Kier molecular flexibility index (Phi) is 13.1. The molecule has 11 heteroatoms. The Balaban J connectivity index is 1.57. The van der Waals surface area contributed by atoms with Crippen LogP contribution in [0.25, 0.3) is 0 Å². The summed E-state index contributed by atoms with van der Waals surface area (Å²) < 4.78 is 16.6. The molecule has 3 aromatic rings. The molecule has 0 aliphatic heterocycles. The molecule has 1 N–H and O–H groups in total. The van der Waals surface area contributed by atoms with Crippen LogP contribution < -0.4 is 9.47 Å². The number of hydrogen-bond donors (Lipinski definition) is 1. The fourth-order valence-electron chi connectivity index (χ4n) is 4.06. The molecule has 0 radical (unpaired) electrons. The maximum atomic E-state index is 13.1. The minimum absolute atomic E-state index is 0.101. The second kappa shape index (κ2) is 17.0. The Morgan fingerprint density at radius 1 is 1.00 bits per heavy atom. The van der Waals surface area contributed by atoms with Crippen molar-refractivity contribution in [1.82, 2.24) is 4.90 Å². The third kappa shape index (κ3) is 10.7. The molecule has 224 valence electrons. The van der Waals surface area contributed by atoms with Crippen molar-refractivity contribution < 1.29 is 33.8 Å². The molecule has 0 saturated carbocycles. The van der Waals surface area contributed by atoms with E-state index in [1.807, 2.05) is 18.2 Å². The number of nitrogens with zero attached hydrogens (tertiary/aromatic N) is 2. The molecule has 42 heavy (non-hydrogen) atoms. The maximum Gasteiger partial charge on any atom is 0.415 e. The average Bonchev–Trinajstić information content (AvgIpc) is 2.98. The van der Waals surface area contributed by atoms with Crippen molar-refractivity contribution in [3.63, 3.8) is 0 Å². The van der Waals surface area contributed by atoms with E-state index in [0.29, 0.717) is 24.5 Å². The van der Waals surface area contributed by atoms with Crippen LogP contribution >= 0.6 is 11.8 Å². The molecule has 10 nitrogen and oxygen atoms in total. The van der Waals surface area contributed by atoms with Gasteiger partial charge in [-0.3, -0.25) is 10.1 Å². The van der Waals surface area contributed by atoms with Crippen LogP contribution in [0.2, 0.25) is 0 Å². The standard InChI is InChI=1S/C31H36N2O8S/c1-3-39-29(30(34)35)20-24-11-14-26(15-12-24)40-18-17-32(16-7-19-42-22-25-8-5-4-6-9-25)31(36)41-27-13-10-23(2)28(21-27)33(37)38/h4-6,8-15,21,29H,3,7,16-20,22H2,1-2H3,(H,34,35). The van der Waals surface area contributed by atoms with Gasteiger partial charge in [0.1, 0.15) is 18.1 Å². The van der Waals surface area contributed by atoms with Gasteiger partial charge in [0, 0.05) is 30.9 Å². The van der Waals surface area contributed by atoms with E-state index in [9.17, 15) is 24.8 Å². The second-order valence-corrected chi connectivity index (χ2v) is 10.5. The number of nitro groups is 1. The van der Waals surface area contributed by atoms with Gasteiger partial charge in [-0.2, -0.15) is 11.8 Å². The first kappa shape index (κ1) is 32.4. The third-order valence-electron chi connectivity index (χ3n) is 6.29. The first-order valence-corrected chi connectivity index (χ1v) is 14.8. The number of aliphatic carboxylic acids is 1. The lowest BCUT2D eigenvalue weighted by Crippen LogP contribution is -2.37. The number of ether oxygens (including phenoxy) is 3. The van der Waals surface area contributed by atoms with Crippen LogP contribution in [-0.2, 0) is 21.7 Å². The Morgan fingerprint density at radius 3 is 2.38 bits per heavy atom. The van der Waals surface area contributed by atoms with E-state index in [4.69, 9.17) is 14.2 Å². The van der Waals surface area contributed by atoms with Crippen LogP contribution in [0.3, 0.4) is 0 Å². The number of amides is 1. The molecule has 0 aromatic heterocycles. The summed E-state index contributed by atoms with van der Waals surface area (Å²) in [5, 5.41) is 20.6. The normalized spacial score (nSPS) is 11.5. The van der Waals surface area contributed by atoms with Gasteiger partial charge in [0.15, 0.2) is 6.10 Å². The molecule has 0 aliphatic carbocycles. The lowest BCUT2D eigenvalue weighted by atomic mass is 10.1. The number of carbonyl (C=O) groups is 2. The summed E-state index contributed by atoms with van der Waals surface area (Å²) in [5.74, 6) is 1.36. The van der Waals surface area contributed by atoms with Crippen LogP contribution in [0.5, 0.6) is 11.5 Å². The SMILES string of the molecule is CCOC(Cc1ccc(OCCN(CCCSCc2ccccc2)C(=O)Oc2ccc(C)c([N+](=O)[O-])c2)cc1)C(=O)O. The summed E-state index contributed by atoms with van der Waals surface area (Å²) in [6.07, 6.45) is -0.569. The number of nitro benzene ring substituents is 1. The van der Waals surface area contributed by atoms with Crippen LogP contribution in [0.15, 0.2) is 72.8 Å². The largest absolute Gasteiger partial charge is 0.492 e. The Bertz CT molecular complexity index is 1300. The maximum absolute atomic E-state index is 13.1.